The predicted octanol–water partition coefficient (Wildman–Crippen LogP) is 2.81. The van der Waals surface area contributed by atoms with Gasteiger partial charge in [-0.25, -0.2) is 4.98 Å². The Labute approximate surface area is 114 Å². The second-order valence-electron chi connectivity index (χ2n) is 4.68. The molecule has 0 spiro atoms. The van der Waals surface area contributed by atoms with E-state index >= 15 is 0 Å². The number of benzene rings is 1. The minimum atomic E-state index is 0.412. The molecular formula is C16H20N2O. The third-order valence-corrected chi connectivity index (χ3v) is 3.05. The van der Waals surface area contributed by atoms with Gasteiger partial charge in [-0.05, 0) is 24.5 Å². The fourth-order valence-electron chi connectivity index (χ4n) is 1.97. The molecular weight excluding hydrogens is 236 g/mol. The van der Waals surface area contributed by atoms with Crippen LogP contribution in [0.4, 0.5) is 0 Å². The fourth-order valence-corrected chi connectivity index (χ4v) is 1.97. The van der Waals surface area contributed by atoms with E-state index in [0.29, 0.717) is 11.9 Å². The number of aromatic nitrogens is 1. The third-order valence-electron chi connectivity index (χ3n) is 3.05. The predicted molar refractivity (Wildman–Crippen MR) is 77.2 cm³/mol. The molecule has 1 aromatic heterocycles. The van der Waals surface area contributed by atoms with E-state index in [1.807, 2.05) is 18.3 Å². The van der Waals surface area contributed by atoms with Gasteiger partial charge in [-0.2, -0.15) is 0 Å². The van der Waals surface area contributed by atoms with Gasteiger partial charge in [-0.3, -0.25) is 0 Å². The quantitative estimate of drug-likeness (QED) is 0.863. The summed E-state index contributed by atoms with van der Waals surface area (Å²) in [4.78, 5) is 4.22. The standard InChI is InChI=1S/C16H20N2O/c1-13(17-11-14-6-4-3-5-7-14)10-15-8-9-16(19-2)18-12-15/h3-9,12-13,17H,10-11H2,1-2H3/t13-/m0/s1. The van der Waals surface area contributed by atoms with Crippen LogP contribution in [0.3, 0.4) is 0 Å². The summed E-state index contributed by atoms with van der Waals surface area (Å²) >= 11 is 0. The monoisotopic (exact) mass is 256 g/mol. The van der Waals surface area contributed by atoms with Gasteiger partial charge < -0.3 is 10.1 Å². The summed E-state index contributed by atoms with van der Waals surface area (Å²) in [6.07, 6.45) is 2.84. The third kappa shape index (κ3) is 4.38. The maximum absolute atomic E-state index is 5.05. The van der Waals surface area contributed by atoms with Crippen LogP contribution >= 0.6 is 0 Å². The van der Waals surface area contributed by atoms with Crippen molar-refractivity contribution in [1.82, 2.24) is 10.3 Å². The van der Waals surface area contributed by atoms with Crippen LogP contribution in [0.5, 0.6) is 5.88 Å². The molecule has 0 radical (unpaired) electrons. The molecule has 3 nitrogen and oxygen atoms in total. The molecule has 3 heteroatoms. The summed E-state index contributed by atoms with van der Waals surface area (Å²) in [5.41, 5.74) is 2.52. The minimum absolute atomic E-state index is 0.412. The van der Waals surface area contributed by atoms with Gasteiger partial charge in [0.25, 0.3) is 0 Å². The van der Waals surface area contributed by atoms with E-state index in [9.17, 15) is 0 Å². The van der Waals surface area contributed by atoms with Crippen LogP contribution in [0.25, 0.3) is 0 Å². The van der Waals surface area contributed by atoms with Gasteiger partial charge in [0, 0.05) is 24.8 Å². The molecule has 0 unspecified atom stereocenters. The zero-order valence-corrected chi connectivity index (χ0v) is 11.5. The van der Waals surface area contributed by atoms with Crippen molar-refractivity contribution < 1.29 is 4.74 Å². The van der Waals surface area contributed by atoms with Gasteiger partial charge >= 0.3 is 0 Å². The Bertz CT molecular complexity index is 482. The number of methoxy groups -OCH3 is 1. The molecule has 2 rings (SSSR count). The number of hydrogen-bond acceptors (Lipinski definition) is 3. The molecule has 0 aliphatic heterocycles. The first-order chi connectivity index (χ1) is 9.28. The molecule has 1 N–H and O–H groups in total. The molecule has 0 aliphatic carbocycles. The van der Waals surface area contributed by atoms with E-state index in [4.69, 9.17) is 4.74 Å². The van der Waals surface area contributed by atoms with Gasteiger partial charge in [0.2, 0.25) is 5.88 Å². The summed E-state index contributed by atoms with van der Waals surface area (Å²) < 4.78 is 5.05. The van der Waals surface area contributed by atoms with Crippen molar-refractivity contribution in [3.63, 3.8) is 0 Å². The van der Waals surface area contributed by atoms with Gasteiger partial charge in [0.1, 0.15) is 0 Å². The van der Waals surface area contributed by atoms with Gasteiger partial charge in [0.05, 0.1) is 7.11 Å². The maximum atomic E-state index is 5.05. The zero-order chi connectivity index (χ0) is 13.5. The first-order valence-electron chi connectivity index (χ1n) is 6.54. The second-order valence-corrected chi connectivity index (χ2v) is 4.68. The molecule has 2 aromatic rings. The van der Waals surface area contributed by atoms with Crippen LogP contribution in [0.2, 0.25) is 0 Å². The maximum Gasteiger partial charge on any atom is 0.212 e. The lowest BCUT2D eigenvalue weighted by atomic mass is 10.1. The summed E-state index contributed by atoms with van der Waals surface area (Å²) in [6, 6.07) is 14.8. The Balaban J connectivity index is 1.82. The van der Waals surface area contributed by atoms with Crippen molar-refractivity contribution in [2.45, 2.75) is 25.9 Å². The largest absolute Gasteiger partial charge is 0.481 e. The first kappa shape index (κ1) is 13.6. The second kappa shape index (κ2) is 6.90. The normalized spacial score (nSPS) is 12.1. The van der Waals surface area contributed by atoms with Crippen LogP contribution in [0.15, 0.2) is 48.7 Å². The molecule has 0 fully saturated rings. The highest BCUT2D eigenvalue weighted by Crippen LogP contribution is 2.09. The summed E-state index contributed by atoms with van der Waals surface area (Å²) in [5, 5.41) is 3.52. The van der Waals surface area contributed by atoms with E-state index < -0.39 is 0 Å². The highest BCUT2D eigenvalue weighted by molar-refractivity contribution is 5.19. The number of hydrogen-bond donors (Lipinski definition) is 1. The average molecular weight is 256 g/mol. The number of nitrogens with one attached hydrogen (secondary N) is 1. The molecule has 0 aliphatic rings. The molecule has 19 heavy (non-hydrogen) atoms. The first-order valence-corrected chi connectivity index (χ1v) is 6.54. The Morgan fingerprint density at radius 3 is 2.53 bits per heavy atom. The summed E-state index contributed by atoms with van der Waals surface area (Å²) in [5.74, 6) is 0.661. The highest BCUT2D eigenvalue weighted by atomic mass is 16.5. The number of ether oxygens (including phenoxy) is 1. The van der Waals surface area contributed by atoms with Crippen molar-refractivity contribution in [1.29, 1.82) is 0 Å². The minimum Gasteiger partial charge on any atom is -0.481 e. The van der Waals surface area contributed by atoms with Crippen LogP contribution in [0.1, 0.15) is 18.1 Å². The lowest BCUT2D eigenvalue weighted by Crippen LogP contribution is -2.27. The molecule has 0 amide bonds. The average Bonchev–Trinajstić information content (AvgIpc) is 2.47. The number of rotatable bonds is 6. The highest BCUT2D eigenvalue weighted by Gasteiger charge is 2.04. The van der Waals surface area contributed by atoms with Crippen LogP contribution in [0, 0.1) is 0 Å². The molecule has 0 bridgehead atoms. The van der Waals surface area contributed by atoms with E-state index in [2.05, 4.69) is 47.6 Å². The molecule has 0 saturated heterocycles. The summed E-state index contributed by atoms with van der Waals surface area (Å²) in [7, 11) is 1.63. The van der Waals surface area contributed by atoms with E-state index in [-0.39, 0.29) is 0 Å². The molecule has 1 heterocycles. The van der Waals surface area contributed by atoms with Crippen molar-refractivity contribution in [2.24, 2.45) is 0 Å². The molecule has 0 saturated carbocycles. The SMILES string of the molecule is COc1ccc(C[C@H](C)NCc2ccccc2)cn1. The van der Waals surface area contributed by atoms with Crippen LogP contribution < -0.4 is 10.1 Å². The molecule has 100 valence electrons. The zero-order valence-electron chi connectivity index (χ0n) is 11.5. The van der Waals surface area contributed by atoms with Crippen molar-refractivity contribution in [2.75, 3.05) is 7.11 Å². The molecule has 1 atom stereocenters. The Morgan fingerprint density at radius 2 is 1.89 bits per heavy atom. The fraction of sp³-hybridized carbons (Fsp3) is 0.312. The van der Waals surface area contributed by atoms with E-state index in [0.717, 1.165) is 13.0 Å². The van der Waals surface area contributed by atoms with Crippen molar-refractivity contribution >= 4 is 0 Å². The Morgan fingerprint density at radius 1 is 1.11 bits per heavy atom. The lowest BCUT2D eigenvalue weighted by Gasteiger charge is -2.14. The van der Waals surface area contributed by atoms with Crippen molar-refractivity contribution in [3.05, 3.63) is 59.8 Å². The Kier molecular flexibility index (Phi) is 4.93. The van der Waals surface area contributed by atoms with Gasteiger partial charge in [0.15, 0.2) is 0 Å². The van der Waals surface area contributed by atoms with Crippen LogP contribution in [-0.2, 0) is 13.0 Å². The Hall–Kier alpha value is -1.87. The van der Waals surface area contributed by atoms with Gasteiger partial charge in [-0.1, -0.05) is 36.4 Å². The lowest BCUT2D eigenvalue weighted by molar-refractivity contribution is 0.397. The molecule has 1 aromatic carbocycles. The van der Waals surface area contributed by atoms with E-state index in [1.165, 1.54) is 11.1 Å². The topological polar surface area (TPSA) is 34.1 Å². The van der Waals surface area contributed by atoms with Crippen LogP contribution in [-0.4, -0.2) is 18.1 Å². The summed E-state index contributed by atoms with van der Waals surface area (Å²) in [6.45, 7) is 3.08. The smallest absolute Gasteiger partial charge is 0.212 e. The van der Waals surface area contributed by atoms with Crippen molar-refractivity contribution in [3.8, 4) is 5.88 Å². The number of pyridine rings is 1. The van der Waals surface area contributed by atoms with E-state index in [1.54, 1.807) is 7.11 Å². The van der Waals surface area contributed by atoms with Gasteiger partial charge in [-0.15, -0.1) is 0 Å². The number of nitrogens with zero attached hydrogens (tertiary/aromatic N) is 1.